The molecule has 0 spiro atoms. The number of benzene rings is 1. The van der Waals surface area contributed by atoms with Crippen molar-refractivity contribution in [3.8, 4) is 0 Å². The lowest BCUT2D eigenvalue weighted by Gasteiger charge is -2.24. The third-order valence-electron chi connectivity index (χ3n) is 3.14. The minimum Gasteiger partial charge on any atom is -0.478 e. The smallest absolute Gasteiger partial charge is 0.335 e. The minimum atomic E-state index is -0.971. The zero-order valence-electron chi connectivity index (χ0n) is 12.0. The van der Waals surface area contributed by atoms with Crippen molar-refractivity contribution in [2.75, 3.05) is 12.4 Å². The van der Waals surface area contributed by atoms with Crippen molar-refractivity contribution in [1.29, 1.82) is 0 Å². The number of allylic oxidation sites excluding steroid dienone is 1. The molecule has 1 aromatic carbocycles. The molecule has 0 aromatic heterocycles. The third-order valence-corrected chi connectivity index (χ3v) is 4.00. The maximum absolute atomic E-state index is 11.5. The van der Waals surface area contributed by atoms with Crippen LogP contribution < -0.4 is 5.32 Å². The van der Waals surface area contributed by atoms with E-state index in [0.29, 0.717) is 16.6 Å². The number of rotatable bonds is 4. The van der Waals surface area contributed by atoms with Crippen LogP contribution in [0.4, 0.5) is 0 Å². The summed E-state index contributed by atoms with van der Waals surface area (Å²) in [4.78, 5) is 16.0. The van der Waals surface area contributed by atoms with Gasteiger partial charge in [-0.25, -0.2) is 9.79 Å². The molecule has 0 bridgehead atoms. The second kappa shape index (κ2) is 6.78. The number of aliphatic carboxylic acids is 1. The van der Waals surface area contributed by atoms with Gasteiger partial charge >= 0.3 is 5.97 Å². The highest BCUT2D eigenvalue weighted by Crippen LogP contribution is 2.32. The molecule has 0 aliphatic carbocycles. The second-order valence-corrected chi connectivity index (χ2v) is 5.88. The molecule has 3 N–H and O–H groups in total. The van der Waals surface area contributed by atoms with E-state index < -0.39 is 12.0 Å². The standard InChI is InChI=1S/C15H18N2O3S/c1-9-4-3-5-11(8-9)13-12(14(19)20)10(2)16-15(17-13)21-7-6-18/h3-5,8,13,18H,6-7H2,1-2H3,(H,16,17)(H,19,20). The zero-order valence-corrected chi connectivity index (χ0v) is 12.8. The number of carbonyl (C=O) groups is 1. The van der Waals surface area contributed by atoms with E-state index in [1.165, 1.54) is 11.8 Å². The Morgan fingerprint density at radius 2 is 2.19 bits per heavy atom. The number of aryl methyl sites for hydroxylation is 1. The summed E-state index contributed by atoms with van der Waals surface area (Å²) in [5.74, 6) is -0.455. The summed E-state index contributed by atoms with van der Waals surface area (Å²) in [5, 5.41) is 22.0. The van der Waals surface area contributed by atoms with E-state index >= 15 is 0 Å². The number of thioether (sulfide) groups is 1. The molecule has 1 unspecified atom stereocenters. The van der Waals surface area contributed by atoms with E-state index in [9.17, 15) is 9.90 Å². The normalized spacial score (nSPS) is 18.2. The fourth-order valence-electron chi connectivity index (χ4n) is 2.22. The van der Waals surface area contributed by atoms with E-state index in [2.05, 4.69) is 10.3 Å². The number of nitrogens with one attached hydrogen (secondary N) is 1. The average molecular weight is 306 g/mol. The molecule has 6 heteroatoms. The van der Waals surface area contributed by atoms with Gasteiger partial charge in [0.25, 0.3) is 0 Å². The molecule has 1 aliphatic heterocycles. The Hall–Kier alpha value is -1.79. The number of carboxylic acids is 1. The molecule has 1 aliphatic rings. The van der Waals surface area contributed by atoms with Crippen molar-refractivity contribution in [3.05, 3.63) is 46.7 Å². The summed E-state index contributed by atoms with van der Waals surface area (Å²) in [6.45, 7) is 3.75. The van der Waals surface area contributed by atoms with Crippen molar-refractivity contribution in [3.63, 3.8) is 0 Å². The first-order valence-electron chi connectivity index (χ1n) is 6.62. The largest absolute Gasteiger partial charge is 0.478 e. The van der Waals surface area contributed by atoms with E-state index in [1.807, 2.05) is 31.2 Å². The minimum absolute atomic E-state index is 0.0506. The highest BCUT2D eigenvalue weighted by Gasteiger charge is 2.29. The van der Waals surface area contributed by atoms with Gasteiger partial charge in [0.15, 0.2) is 5.17 Å². The molecular weight excluding hydrogens is 288 g/mol. The second-order valence-electron chi connectivity index (χ2n) is 4.79. The molecule has 1 atom stereocenters. The van der Waals surface area contributed by atoms with Gasteiger partial charge in [-0.15, -0.1) is 0 Å². The fourth-order valence-corrected chi connectivity index (χ4v) is 2.91. The fraction of sp³-hybridized carbons (Fsp3) is 0.333. The number of hydrogen-bond donors (Lipinski definition) is 3. The first-order chi connectivity index (χ1) is 10.0. The summed E-state index contributed by atoms with van der Waals surface area (Å²) >= 11 is 1.38. The van der Waals surface area contributed by atoms with Crippen LogP contribution in [0.1, 0.15) is 24.1 Å². The molecule has 0 amide bonds. The van der Waals surface area contributed by atoms with Crippen LogP contribution in [0, 0.1) is 6.92 Å². The molecule has 21 heavy (non-hydrogen) atoms. The summed E-state index contributed by atoms with van der Waals surface area (Å²) < 4.78 is 0. The lowest BCUT2D eigenvalue weighted by Crippen LogP contribution is -2.30. The summed E-state index contributed by atoms with van der Waals surface area (Å²) in [5.41, 5.74) is 2.77. The van der Waals surface area contributed by atoms with Gasteiger partial charge in [-0.2, -0.15) is 0 Å². The van der Waals surface area contributed by atoms with E-state index in [0.717, 1.165) is 11.1 Å². The van der Waals surface area contributed by atoms with Crippen LogP contribution >= 0.6 is 11.8 Å². The monoisotopic (exact) mass is 306 g/mol. The van der Waals surface area contributed by atoms with Gasteiger partial charge in [0.05, 0.1) is 12.2 Å². The predicted octanol–water partition coefficient (Wildman–Crippen LogP) is 2.08. The van der Waals surface area contributed by atoms with Crippen LogP contribution in [0.2, 0.25) is 0 Å². The average Bonchev–Trinajstić information content (AvgIpc) is 2.44. The predicted molar refractivity (Wildman–Crippen MR) is 84.4 cm³/mol. The zero-order chi connectivity index (χ0) is 15.4. The highest BCUT2D eigenvalue weighted by molar-refractivity contribution is 8.13. The van der Waals surface area contributed by atoms with Crippen LogP contribution in [0.15, 0.2) is 40.5 Å². The topological polar surface area (TPSA) is 81.9 Å². The van der Waals surface area contributed by atoms with Crippen molar-refractivity contribution < 1.29 is 15.0 Å². The molecule has 112 valence electrons. The molecule has 0 saturated heterocycles. The van der Waals surface area contributed by atoms with Gasteiger partial charge in [0, 0.05) is 11.4 Å². The lowest BCUT2D eigenvalue weighted by molar-refractivity contribution is -0.133. The van der Waals surface area contributed by atoms with Gasteiger partial charge in [0.2, 0.25) is 0 Å². The van der Waals surface area contributed by atoms with Crippen molar-refractivity contribution >= 4 is 22.9 Å². The Bertz CT molecular complexity index is 611. The number of amidine groups is 1. The molecule has 1 aromatic rings. The van der Waals surface area contributed by atoms with Crippen LogP contribution in [-0.4, -0.2) is 33.7 Å². The SMILES string of the molecule is CC1=C(C(=O)O)C(c2cccc(C)c2)N=C(SCCO)N1. The van der Waals surface area contributed by atoms with Crippen molar-refractivity contribution in [2.24, 2.45) is 4.99 Å². The van der Waals surface area contributed by atoms with E-state index in [4.69, 9.17) is 5.11 Å². The Kier molecular flexibility index (Phi) is 5.03. The quantitative estimate of drug-likeness (QED) is 0.793. The van der Waals surface area contributed by atoms with Gasteiger partial charge in [-0.3, -0.25) is 0 Å². The summed E-state index contributed by atoms with van der Waals surface area (Å²) in [6, 6.07) is 7.18. The Labute approximate surface area is 127 Å². The Balaban J connectivity index is 2.41. The van der Waals surface area contributed by atoms with Crippen LogP contribution in [0.25, 0.3) is 0 Å². The maximum Gasteiger partial charge on any atom is 0.335 e. The molecule has 0 fully saturated rings. The first-order valence-corrected chi connectivity index (χ1v) is 7.60. The molecule has 2 rings (SSSR count). The number of aliphatic hydroxyl groups excluding tert-OH is 1. The number of aliphatic imine (C=N–C) groups is 1. The van der Waals surface area contributed by atoms with Crippen LogP contribution in [0.5, 0.6) is 0 Å². The Morgan fingerprint density at radius 3 is 2.81 bits per heavy atom. The molecule has 0 radical (unpaired) electrons. The Morgan fingerprint density at radius 1 is 1.43 bits per heavy atom. The molecule has 0 saturated carbocycles. The summed E-state index contributed by atoms with van der Waals surface area (Å²) in [7, 11) is 0. The summed E-state index contributed by atoms with van der Waals surface area (Å²) in [6.07, 6.45) is 0. The van der Waals surface area contributed by atoms with Crippen LogP contribution in [0.3, 0.4) is 0 Å². The van der Waals surface area contributed by atoms with Gasteiger partial charge in [0.1, 0.15) is 6.04 Å². The van der Waals surface area contributed by atoms with E-state index in [1.54, 1.807) is 6.92 Å². The number of aliphatic hydroxyl groups is 1. The van der Waals surface area contributed by atoms with Crippen molar-refractivity contribution in [2.45, 2.75) is 19.9 Å². The number of hydrogen-bond acceptors (Lipinski definition) is 5. The number of carboxylic acid groups (broad SMARTS) is 1. The third kappa shape index (κ3) is 3.65. The highest BCUT2D eigenvalue weighted by atomic mass is 32.2. The van der Waals surface area contributed by atoms with E-state index in [-0.39, 0.29) is 12.2 Å². The molecule has 1 heterocycles. The van der Waals surface area contributed by atoms with Gasteiger partial charge < -0.3 is 15.5 Å². The molecular formula is C15H18N2O3S. The first kappa shape index (κ1) is 15.6. The molecule has 5 nitrogen and oxygen atoms in total. The lowest BCUT2D eigenvalue weighted by atomic mass is 9.95. The van der Waals surface area contributed by atoms with Gasteiger partial charge in [-0.1, -0.05) is 41.6 Å². The maximum atomic E-state index is 11.5. The van der Waals surface area contributed by atoms with Gasteiger partial charge in [-0.05, 0) is 19.4 Å². The number of nitrogens with zero attached hydrogens (tertiary/aromatic N) is 1. The van der Waals surface area contributed by atoms with Crippen molar-refractivity contribution in [1.82, 2.24) is 5.32 Å². The van der Waals surface area contributed by atoms with Crippen LogP contribution in [-0.2, 0) is 4.79 Å².